The first-order valence-electron chi connectivity index (χ1n) is 15.0. The lowest BCUT2D eigenvalue weighted by atomic mass is 9.90. The van der Waals surface area contributed by atoms with Crippen molar-refractivity contribution in [2.75, 3.05) is 13.1 Å². The Labute approximate surface area is 229 Å². The molecule has 4 heterocycles. The summed E-state index contributed by atoms with van der Waals surface area (Å²) in [4.78, 5) is 80.3. The van der Waals surface area contributed by atoms with E-state index in [9.17, 15) is 28.8 Å². The Morgan fingerprint density at radius 2 is 1.10 bits per heavy atom. The molecule has 0 aromatic heterocycles. The van der Waals surface area contributed by atoms with E-state index in [0.29, 0.717) is 45.2 Å². The Balaban J connectivity index is 0.934. The van der Waals surface area contributed by atoms with E-state index in [0.717, 1.165) is 38.5 Å². The molecule has 0 aromatic carbocycles. The summed E-state index contributed by atoms with van der Waals surface area (Å²) >= 11 is 0. The van der Waals surface area contributed by atoms with Gasteiger partial charge in [-0.15, -0.1) is 0 Å². The summed E-state index contributed by atoms with van der Waals surface area (Å²) in [7, 11) is 0. The van der Waals surface area contributed by atoms with E-state index in [4.69, 9.17) is 0 Å². The van der Waals surface area contributed by atoms with E-state index in [-0.39, 0.29) is 83.8 Å². The van der Waals surface area contributed by atoms with Crippen LogP contribution in [0, 0.1) is 23.7 Å². The minimum atomic E-state index is -0.423. The van der Waals surface area contributed by atoms with Gasteiger partial charge in [0.15, 0.2) is 11.6 Å². The van der Waals surface area contributed by atoms with Crippen LogP contribution in [0.25, 0.3) is 0 Å². The normalized spacial score (nSPS) is 37.6. The first-order chi connectivity index (χ1) is 18.8. The predicted octanol–water partition coefficient (Wildman–Crippen LogP) is 1.11. The summed E-state index contributed by atoms with van der Waals surface area (Å²) in [6, 6.07) is -1.33. The molecule has 4 aliphatic heterocycles. The maximum atomic E-state index is 13.0. The van der Waals surface area contributed by atoms with Gasteiger partial charge in [-0.3, -0.25) is 28.8 Å². The largest absolute Gasteiger partial charge is 0.351 e. The smallest absolute Gasteiger partial charge is 0.226 e. The monoisotopic (exact) mass is 540 g/mol. The van der Waals surface area contributed by atoms with Crippen LogP contribution in [0.15, 0.2) is 0 Å². The van der Waals surface area contributed by atoms with Crippen LogP contribution in [-0.4, -0.2) is 82.3 Å². The second kappa shape index (κ2) is 10.7. The maximum Gasteiger partial charge on any atom is 0.226 e. The molecule has 2 saturated carbocycles. The van der Waals surface area contributed by atoms with E-state index in [2.05, 4.69) is 10.6 Å². The van der Waals surface area contributed by atoms with Gasteiger partial charge in [-0.2, -0.15) is 0 Å². The van der Waals surface area contributed by atoms with Gasteiger partial charge < -0.3 is 20.4 Å². The number of rotatable bonds is 6. The number of ketones is 2. The molecule has 39 heavy (non-hydrogen) atoms. The summed E-state index contributed by atoms with van der Waals surface area (Å²) in [5, 5.41) is 5.95. The van der Waals surface area contributed by atoms with Crippen molar-refractivity contribution in [2.45, 2.75) is 108 Å². The molecule has 2 aliphatic carbocycles. The number of nitrogens with zero attached hydrogens (tertiary/aromatic N) is 2. The molecule has 6 unspecified atom stereocenters. The minimum Gasteiger partial charge on any atom is -0.351 e. The average Bonchev–Trinajstić information content (AvgIpc) is 3.68. The number of carbonyl (C=O) groups is 6. The van der Waals surface area contributed by atoms with Gasteiger partial charge in [0.25, 0.3) is 0 Å². The molecule has 0 bridgehead atoms. The van der Waals surface area contributed by atoms with Crippen molar-refractivity contribution in [1.82, 2.24) is 20.4 Å². The van der Waals surface area contributed by atoms with Gasteiger partial charge in [0.2, 0.25) is 23.6 Å². The number of carbonyl (C=O) groups excluding carboxylic acids is 6. The van der Waals surface area contributed by atoms with Gasteiger partial charge in [-0.1, -0.05) is 12.8 Å². The maximum absolute atomic E-state index is 13.0. The Morgan fingerprint density at radius 1 is 0.667 bits per heavy atom. The Kier molecular flexibility index (Phi) is 7.22. The summed E-state index contributed by atoms with van der Waals surface area (Å²) < 4.78 is 0. The summed E-state index contributed by atoms with van der Waals surface area (Å²) in [5.74, 6) is 0.310. The zero-order valence-corrected chi connectivity index (χ0v) is 22.6. The van der Waals surface area contributed by atoms with Crippen molar-refractivity contribution in [2.24, 2.45) is 23.7 Å². The molecule has 0 aromatic rings. The highest BCUT2D eigenvalue weighted by atomic mass is 16.2. The lowest BCUT2D eigenvalue weighted by molar-refractivity contribution is -0.138. The van der Waals surface area contributed by atoms with E-state index in [1.165, 1.54) is 0 Å². The summed E-state index contributed by atoms with van der Waals surface area (Å²) in [5.41, 5.74) is 0. The quantitative estimate of drug-likeness (QED) is 0.519. The van der Waals surface area contributed by atoms with Crippen LogP contribution in [0.5, 0.6) is 0 Å². The summed E-state index contributed by atoms with van der Waals surface area (Å²) in [6.45, 7) is 0.756. The van der Waals surface area contributed by atoms with Crippen LogP contribution in [-0.2, 0) is 28.8 Å². The third-order valence-electron chi connectivity index (χ3n) is 10.3. The third-order valence-corrected chi connectivity index (χ3v) is 10.3. The van der Waals surface area contributed by atoms with E-state index < -0.39 is 12.1 Å². The fourth-order valence-electron chi connectivity index (χ4n) is 8.42. The predicted molar refractivity (Wildman–Crippen MR) is 139 cm³/mol. The molecule has 6 aliphatic rings. The van der Waals surface area contributed by atoms with Crippen LogP contribution >= 0.6 is 0 Å². The lowest BCUT2D eigenvalue weighted by Gasteiger charge is -2.23. The molecule has 10 nitrogen and oxygen atoms in total. The van der Waals surface area contributed by atoms with E-state index in [1.807, 2.05) is 0 Å². The van der Waals surface area contributed by atoms with Crippen molar-refractivity contribution in [3.63, 3.8) is 0 Å². The molecule has 10 heteroatoms. The van der Waals surface area contributed by atoms with E-state index >= 15 is 0 Å². The van der Waals surface area contributed by atoms with Gasteiger partial charge >= 0.3 is 0 Å². The van der Waals surface area contributed by atoms with Crippen LogP contribution in [0.3, 0.4) is 0 Å². The van der Waals surface area contributed by atoms with Crippen molar-refractivity contribution in [3.8, 4) is 0 Å². The SMILES string of the molecule is O=C(CCCC(=O)N[C@H]1CC2C(=O)CC3CCCC3C(=O)N2C1)N[C@@H]1CC2C(=O)CC3CCCC3C(=O)N2C1. The fraction of sp³-hybridized carbons (Fsp3) is 0.793. The Hall–Kier alpha value is -2.78. The van der Waals surface area contributed by atoms with Crippen molar-refractivity contribution < 1.29 is 28.8 Å². The number of nitrogens with one attached hydrogen (secondary N) is 2. The lowest BCUT2D eigenvalue weighted by Crippen LogP contribution is -2.42. The van der Waals surface area contributed by atoms with Gasteiger partial charge in [0, 0.05) is 62.7 Å². The van der Waals surface area contributed by atoms with Crippen molar-refractivity contribution in [1.29, 1.82) is 0 Å². The number of Topliss-reactive ketones (excluding diaryl/α,β-unsaturated/α-hetero) is 2. The summed E-state index contributed by atoms with van der Waals surface area (Å²) in [6.07, 6.45) is 8.21. The van der Waals surface area contributed by atoms with Gasteiger partial charge in [-0.05, 0) is 56.8 Å². The number of hydrogen-bond acceptors (Lipinski definition) is 6. The topological polar surface area (TPSA) is 133 Å². The molecule has 8 atom stereocenters. The Bertz CT molecular complexity index is 994. The van der Waals surface area contributed by atoms with Gasteiger partial charge in [-0.25, -0.2) is 0 Å². The molecule has 6 fully saturated rings. The highest BCUT2D eigenvalue weighted by Gasteiger charge is 2.50. The van der Waals surface area contributed by atoms with Crippen molar-refractivity contribution >= 4 is 35.2 Å². The number of hydrogen-bond donors (Lipinski definition) is 2. The van der Waals surface area contributed by atoms with Crippen LogP contribution in [0.4, 0.5) is 0 Å². The van der Waals surface area contributed by atoms with Gasteiger partial charge in [0.1, 0.15) is 0 Å². The molecule has 4 amide bonds. The average molecular weight is 541 g/mol. The van der Waals surface area contributed by atoms with Crippen LogP contribution in [0.1, 0.15) is 83.5 Å². The molecule has 212 valence electrons. The molecule has 0 spiro atoms. The minimum absolute atomic E-state index is 0.0483. The fourth-order valence-corrected chi connectivity index (χ4v) is 8.42. The zero-order valence-electron chi connectivity index (χ0n) is 22.6. The molecule has 2 N–H and O–H groups in total. The molecule has 4 saturated heterocycles. The number of amides is 4. The molecule has 0 radical (unpaired) electrons. The van der Waals surface area contributed by atoms with Gasteiger partial charge in [0.05, 0.1) is 12.1 Å². The molecular weight excluding hydrogens is 500 g/mol. The van der Waals surface area contributed by atoms with Crippen LogP contribution in [0.2, 0.25) is 0 Å². The van der Waals surface area contributed by atoms with Crippen LogP contribution < -0.4 is 10.6 Å². The molecule has 6 rings (SSSR count). The highest BCUT2D eigenvalue weighted by molar-refractivity contribution is 5.94. The van der Waals surface area contributed by atoms with E-state index in [1.54, 1.807) is 9.80 Å². The highest BCUT2D eigenvalue weighted by Crippen LogP contribution is 2.42. The zero-order chi connectivity index (χ0) is 27.3. The molecular formula is C29H40N4O6. The van der Waals surface area contributed by atoms with Crippen molar-refractivity contribution in [3.05, 3.63) is 0 Å². The first kappa shape index (κ1) is 26.4. The number of fused-ring (bicyclic) bond motifs is 4. The third kappa shape index (κ3) is 5.11. The second-order valence-corrected chi connectivity index (χ2v) is 12.8. The second-order valence-electron chi connectivity index (χ2n) is 12.8. The standard InChI is InChI=1S/C29H40N4O6/c34-24-10-16-4-1-6-20(16)28(38)32-14-18(12-22(24)32)30-26(36)8-3-9-27(37)31-19-13-23-25(35)11-17-5-2-7-21(17)29(39)33(23)15-19/h16-23H,1-15H2,(H,30,36)(H,31,37)/t16?,17?,18-,19+,20?,21?,22?,23?. The Morgan fingerprint density at radius 3 is 1.54 bits per heavy atom. The first-order valence-corrected chi connectivity index (χ1v) is 15.0.